The number of carbonyl (C=O) groups is 1. The highest BCUT2D eigenvalue weighted by atomic mass is 19.4. The van der Waals surface area contributed by atoms with Crippen molar-refractivity contribution < 1.29 is 27.6 Å². The minimum Gasteiger partial charge on any atom is -0.437 e. The molecule has 0 aliphatic rings. The van der Waals surface area contributed by atoms with E-state index in [0.717, 1.165) is 10.7 Å². The molecule has 2 aromatic rings. The van der Waals surface area contributed by atoms with Crippen LogP contribution in [0.15, 0.2) is 18.2 Å². The van der Waals surface area contributed by atoms with Gasteiger partial charge in [-0.1, -0.05) is 0 Å². The van der Waals surface area contributed by atoms with Crippen LogP contribution >= 0.6 is 0 Å². The summed E-state index contributed by atoms with van der Waals surface area (Å²) in [5.74, 6) is -0.446. The van der Waals surface area contributed by atoms with Crippen LogP contribution in [-0.4, -0.2) is 20.7 Å². The Morgan fingerprint density at radius 2 is 2.00 bits per heavy atom. The van der Waals surface area contributed by atoms with E-state index in [1.165, 1.54) is 13.8 Å². The summed E-state index contributed by atoms with van der Waals surface area (Å²) < 4.78 is 44.9. The third kappa shape index (κ3) is 3.14. The fourth-order valence-electron chi connectivity index (χ4n) is 1.94. The quantitative estimate of drug-likeness (QED) is 0.679. The van der Waals surface area contributed by atoms with E-state index in [1.807, 2.05) is 0 Å². The van der Waals surface area contributed by atoms with Crippen LogP contribution < -0.4 is 10.5 Å². The zero-order chi connectivity index (χ0) is 18.2. The number of nitro groups is 1. The average molecular weight is 344 g/mol. The number of nitrogens with zero attached hydrogens (tertiary/aromatic N) is 3. The SMILES string of the molecule is Cc1c(Oc2ccc([N+](=O)[O-])c(C(F)(F)F)c2)nn(C(N)=O)c1C. The molecule has 2 rings (SSSR count). The lowest BCUT2D eigenvalue weighted by atomic mass is 10.1. The molecule has 0 bridgehead atoms. The molecule has 0 aliphatic heterocycles. The van der Waals surface area contributed by atoms with Gasteiger partial charge in [0.1, 0.15) is 11.3 Å². The van der Waals surface area contributed by atoms with E-state index in [-0.39, 0.29) is 11.6 Å². The van der Waals surface area contributed by atoms with E-state index >= 15 is 0 Å². The normalized spacial score (nSPS) is 11.4. The molecule has 0 unspecified atom stereocenters. The molecule has 0 spiro atoms. The molecular formula is C13H11F3N4O4. The topological polar surface area (TPSA) is 113 Å². The van der Waals surface area contributed by atoms with Crippen molar-refractivity contribution in [3.63, 3.8) is 0 Å². The first kappa shape index (κ1) is 17.2. The number of ether oxygens (including phenoxy) is 1. The van der Waals surface area contributed by atoms with Gasteiger partial charge in [0.25, 0.3) is 5.69 Å². The first-order valence-corrected chi connectivity index (χ1v) is 6.42. The third-order valence-corrected chi connectivity index (χ3v) is 3.27. The van der Waals surface area contributed by atoms with E-state index < -0.39 is 28.4 Å². The summed E-state index contributed by atoms with van der Waals surface area (Å²) in [4.78, 5) is 20.8. The summed E-state index contributed by atoms with van der Waals surface area (Å²) in [6, 6.07) is 1.30. The fourth-order valence-corrected chi connectivity index (χ4v) is 1.94. The number of nitro benzene ring substituents is 1. The van der Waals surface area contributed by atoms with Crippen molar-refractivity contribution in [3.05, 3.63) is 45.1 Å². The highest BCUT2D eigenvalue weighted by Gasteiger charge is 2.38. The van der Waals surface area contributed by atoms with E-state index in [2.05, 4.69) is 5.10 Å². The summed E-state index contributed by atoms with van der Waals surface area (Å²) in [5.41, 5.74) is 3.31. The standard InChI is InChI=1S/C13H11F3N4O4/c1-6-7(2)19(12(17)21)18-11(6)24-8-3-4-10(20(22)23)9(5-8)13(14,15)16/h3-5H,1-2H3,(H2,17,21). The Morgan fingerprint density at radius 3 is 2.46 bits per heavy atom. The van der Waals surface area contributed by atoms with Crippen LogP contribution in [0.2, 0.25) is 0 Å². The minimum atomic E-state index is -4.93. The van der Waals surface area contributed by atoms with E-state index in [0.29, 0.717) is 23.4 Å². The van der Waals surface area contributed by atoms with Crippen LogP contribution in [0.25, 0.3) is 0 Å². The maximum Gasteiger partial charge on any atom is 0.423 e. The average Bonchev–Trinajstić information content (AvgIpc) is 2.74. The van der Waals surface area contributed by atoms with Gasteiger partial charge in [0.2, 0.25) is 5.88 Å². The van der Waals surface area contributed by atoms with Crippen LogP contribution in [0, 0.1) is 24.0 Å². The molecule has 1 amide bonds. The highest BCUT2D eigenvalue weighted by Crippen LogP contribution is 2.39. The molecule has 8 nitrogen and oxygen atoms in total. The van der Waals surface area contributed by atoms with Gasteiger partial charge >= 0.3 is 12.2 Å². The molecule has 11 heteroatoms. The Hall–Kier alpha value is -3.11. The Balaban J connectivity index is 2.47. The lowest BCUT2D eigenvalue weighted by molar-refractivity contribution is -0.388. The molecule has 128 valence electrons. The monoisotopic (exact) mass is 344 g/mol. The van der Waals surface area contributed by atoms with E-state index in [9.17, 15) is 28.1 Å². The second-order valence-electron chi connectivity index (χ2n) is 4.80. The Kier molecular flexibility index (Phi) is 4.19. The smallest absolute Gasteiger partial charge is 0.423 e. The van der Waals surface area contributed by atoms with Crippen LogP contribution in [0.3, 0.4) is 0 Å². The number of rotatable bonds is 3. The van der Waals surface area contributed by atoms with Crippen molar-refractivity contribution in [1.82, 2.24) is 9.78 Å². The molecule has 0 atom stereocenters. The maximum absolute atomic E-state index is 12.9. The van der Waals surface area contributed by atoms with Crippen LogP contribution in [0.4, 0.5) is 23.7 Å². The molecule has 1 aromatic carbocycles. The van der Waals surface area contributed by atoms with Gasteiger partial charge in [0.15, 0.2) is 0 Å². The molecule has 2 N–H and O–H groups in total. The minimum absolute atomic E-state index is 0.131. The number of hydrogen-bond acceptors (Lipinski definition) is 5. The lowest BCUT2D eigenvalue weighted by Gasteiger charge is -2.10. The summed E-state index contributed by atoms with van der Waals surface area (Å²) in [6.45, 7) is 3.06. The number of amides is 1. The van der Waals surface area contributed by atoms with E-state index in [1.54, 1.807) is 0 Å². The van der Waals surface area contributed by atoms with Crippen LogP contribution in [0.1, 0.15) is 16.8 Å². The fraction of sp³-hybridized carbons (Fsp3) is 0.231. The Morgan fingerprint density at radius 1 is 1.38 bits per heavy atom. The number of aromatic nitrogens is 2. The van der Waals surface area contributed by atoms with Crippen molar-refractivity contribution in [3.8, 4) is 11.6 Å². The van der Waals surface area contributed by atoms with Gasteiger partial charge in [-0.3, -0.25) is 10.1 Å². The summed E-state index contributed by atoms with van der Waals surface area (Å²) >= 11 is 0. The molecule has 0 fully saturated rings. The largest absolute Gasteiger partial charge is 0.437 e. The van der Waals surface area contributed by atoms with Crippen molar-refractivity contribution >= 4 is 11.7 Å². The summed E-state index contributed by atoms with van der Waals surface area (Å²) in [5, 5.41) is 14.5. The summed E-state index contributed by atoms with van der Waals surface area (Å²) in [6.07, 6.45) is -4.93. The molecule has 0 saturated carbocycles. The highest BCUT2D eigenvalue weighted by molar-refractivity contribution is 5.75. The van der Waals surface area contributed by atoms with Crippen molar-refractivity contribution in [2.45, 2.75) is 20.0 Å². The molecule has 24 heavy (non-hydrogen) atoms. The number of hydrogen-bond donors (Lipinski definition) is 1. The van der Waals surface area contributed by atoms with Crippen molar-refractivity contribution in [1.29, 1.82) is 0 Å². The van der Waals surface area contributed by atoms with Gasteiger partial charge in [-0.25, -0.2) is 4.79 Å². The number of halogens is 3. The number of nitrogens with two attached hydrogens (primary N) is 1. The zero-order valence-electron chi connectivity index (χ0n) is 12.4. The molecule has 0 saturated heterocycles. The Labute approximate surface area is 132 Å². The molecular weight excluding hydrogens is 333 g/mol. The molecule has 0 radical (unpaired) electrons. The number of alkyl halides is 3. The van der Waals surface area contributed by atoms with Crippen molar-refractivity contribution in [2.75, 3.05) is 0 Å². The van der Waals surface area contributed by atoms with Gasteiger partial charge < -0.3 is 10.5 Å². The van der Waals surface area contributed by atoms with Gasteiger partial charge in [-0.2, -0.15) is 17.9 Å². The first-order valence-electron chi connectivity index (χ1n) is 6.42. The van der Waals surface area contributed by atoms with Gasteiger partial charge in [-0.15, -0.1) is 5.10 Å². The van der Waals surface area contributed by atoms with Crippen molar-refractivity contribution in [2.24, 2.45) is 5.73 Å². The summed E-state index contributed by atoms with van der Waals surface area (Å²) in [7, 11) is 0. The van der Waals surface area contributed by atoms with Gasteiger partial charge in [-0.05, 0) is 19.9 Å². The van der Waals surface area contributed by atoms with E-state index in [4.69, 9.17) is 10.5 Å². The maximum atomic E-state index is 12.9. The first-order chi connectivity index (χ1) is 11.0. The predicted molar refractivity (Wildman–Crippen MR) is 74.9 cm³/mol. The second kappa shape index (κ2) is 5.83. The molecule has 1 aromatic heterocycles. The van der Waals surface area contributed by atoms with Gasteiger partial charge in [0, 0.05) is 17.7 Å². The van der Waals surface area contributed by atoms with Crippen LogP contribution in [0.5, 0.6) is 11.6 Å². The number of carbonyl (C=O) groups excluding carboxylic acids is 1. The van der Waals surface area contributed by atoms with Crippen LogP contribution in [-0.2, 0) is 6.18 Å². The molecule has 1 heterocycles. The second-order valence-corrected chi connectivity index (χ2v) is 4.80. The van der Waals surface area contributed by atoms with Gasteiger partial charge in [0.05, 0.1) is 10.6 Å². The third-order valence-electron chi connectivity index (χ3n) is 3.27. The zero-order valence-corrected chi connectivity index (χ0v) is 12.4. The Bertz CT molecular complexity index is 829. The lowest BCUT2D eigenvalue weighted by Crippen LogP contribution is -2.21. The number of primary amides is 1. The predicted octanol–water partition coefficient (Wildman–Crippen LogP) is 3.15. The number of benzene rings is 1. The molecule has 0 aliphatic carbocycles.